The first-order valence-corrected chi connectivity index (χ1v) is 7.43. The Morgan fingerprint density at radius 2 is 1.91 bits per heavy atom. The maximum absolute atomic E-state index is 11.8. The van der Waals surface area contributed by atoms with Gasteiger partial charge in [0.25, 0.3) is 0 Å². The molecule has 0 fully saturated rings. The van der Waals surface area contributed by atoms with E-state index < -0.39 is 12.4 Å². The quantitative estimate of drug-likeness (QED) is 0.454. The van der Waals surface area contributed by atoms with E-state index in [1.165, 1.54) is 0 Å². The summed E-state index contributed by atoms with van der Waals surface area (Å²) < 4.78 is 10.4. The van der Waals surface area contributed by atoms with Crippen molar-refractivity contribution in [2.24, 2.45) is 0 Å². The van der Waals surface area contributed by atoms with E-state index in [0.717, 1.165) is 5.69 Å². The molecular formula is C17H18ClNO3. The van der Waals surface area contributed by atoms with E-state index in [1.807, 2.05) is 36.1 Å². The van der Waals surface area contributed by atoms with Crippen LogP contribution >= 0.6 is 11.6 Å². The average molecular weight is 320 g/mol. The van der Waals surface area contributed by atoms with Crippen molar-refractivity contribution in [3.8, 4) is 5.75 Å². The van der Waals surface area contributed by atoms with Crippen molar-refractivity contribution in [1.82, 2.24) is 0 Å². The lowest BCUT2D eigenvalue weighted by Gasteiger charge is -2.29. The molecule has 2 rings (SSSR count). The van der Waals surface area contributed by atoms with E-state index in [-0.39, 0.29) is 0 Å². The number of halogens is 1. The molecule has 0 aromatic heterocycles. The molecule has 0 saturated carbocycles. The summed E-state index contributed by atoms with van der Waals surface area (Å²) >= 11 is 6.00. The third-order valence-electron chi connectivity index (χ3n) is 3.13. The van der Waals surface area contributed by atoms with Crippen LogP contribution in [-0.4, -0.2) is 18.9 Å². The van der Waals surface area contributed by atoms with Gasteiger partial charge in [0.1, 0.15) is 5.75 Å². The SMILES string of the molecule is CCN(c1cccc(Cl)c1)C(C)OC(=O)Oc1ccccc1. The Balaban J connectivity index is 2.00. The number of hydrogen-bond acceptors (Lipinski definition) is 4. The van der Waals surface area contributed by atoms with E-state index in [0.29, 0.717) is 17.3 Å². The van der Waals surface area contributed by atoms with Crippen LogP contribution in [0, 0.1) is 0 Å². The maximum Gasteiger partial charge on any atom is 0.515 e. The maximum atomic E-state index is 11.8. The van der Waals surface area contributed by atoms with Gasteiger partial charge in [0.05, 0.1) is 0 Å². The van der Waals surface area contributed by atoms with Crippen molar-refractivity contribution in [2.75, 3.05) is 11.4 Å². The van der Waals surface area contributed by atoms with Crippen molar-refractivity contribution in [1.29, 1.82) is 0 Å². The topological polar surface area (TPSA) is 38.8 Å². The van der Waals surface area contributed by atoms with Crippen LogP contribution in [0.15, 0.2) is 54.6 Å². The molecule has 1 unspecified atom stereocenters. The first kappa shape index (κ1) is 16.2. The molecule has 2 aromatic rings. The normalized spacial score (nSPS) is 11.6. The summed E-state index contributed by atoms with van der Waals surface area (Å²) in [6, 6.07) is 16.2. The molecule has 0 aliphatic heterocycles. The van der Waals surface area contributed by atoms with Crippen LogP contribution in [0.5, 0.6) is 5.75 Å². The van der Waals surface area contributed by atoms with Crippen LogP contribution in [0.25, 0.3) is 0 Å². The summed E-state index contributed by atoms with van der Waals surface area (Å²) in [5.74, 6) is 0.450. The third kappa shape index (κ3) is 4.40. The van der Waals surface area contributed by atoms with Gasteiger partial charge in [0.2, 0.25) is 0 Å². The Kier molecular flexibility index (Phi) is 5.67. The van der Waals surface area contributed by atoms with Crippen molar-refractivity contribution >= 4 is 23.4 Å². The highest BCUT2D eigenvalue weighted by atomic mass is 35.5. The highest BCUT2D eigenvalue weighted by Crippen LogP contribution is 2.22. The fourth-order valence-corrected chi connectivity index (χ4v) is 2.30. The van der Waals surface area contributed by atoms with Crippen LogP contribution < -0.4 is 9.64 Å². The molecule has 4 nitrogen and oxygen atoms in total. The molecule has 0 bridgehead atoms. The summed E-state index contributed by atoms with van der Waals surface area (Å²) in [5.41, 5.74) is 0.884. The highest BCUT2D eigenvalue weighted by molar-refractivity contribution is 6.30. The van der Waals surface area contributed by atoms with Gasteiger partial charge in [-0.3, -0.25) is 0 Å². The number of anilines is 1. The number of nitrogens with zero attached hydrogens (tertiary/aromatic N) is 1. The molecule has 22 heavy (non-hydrogen) atoms. The van der Waals surface area contributed by atoms with Gasteiger partial charge >= 0.3 is 6.16 Å². The minimum absolute atomic E-state index is 0.450. The summed E-state index contributed by atoms with van der Waals surface area (Å²) in [4.78, 5) is 13.8. The van der Waals surface area contributed by atoms with Crippen LogP contribution in [0.2, 0.25) is 5.02 Å². The molecule has 0 radical (unpaired) electrons. The molecule has 1 atom stereocenters. The number of benzene rings is 2. The third-order valence-corrected chi connectivity index (χ3v) is 3.37. The predicted octanol–water partition coefficient (Wildman–Crippen LogP) is 4.73. The minimum Gasteiger partial charge on any atom is -0.410 e. The van der Waals surface area contributed by atoms with Crippen molar-refractivity contribution < 1.29 is 14.3 Å². The number of carbonyl (C=O) groups excluding carboxylic acids is 1. The Morgan fingerprint density at radius 1 is 1.18 bits per heavy atom. The van der Waals surface area contributed by atoms with Gasteiger partial charge in [0.15, 0.2) is 6.23 Å². The van der Waals surface area contributed by atoms with Gasteiger partial charge < -0.3 is 14.4 Å². The van der Waals surface area contributed by atoms with E-state index in [1.54, 1.807) is 37.3 Å². The summed E-state index contributed by atoms with van der Waals surface area (Å²) in [5, 5.41) is 0.634. The standard InChI is InChI=1S/C17H18ClNO3/c1-3-19(15-9-7-8-14(18)12-15)13(2)21-17(20)22-16-10-5-4-6-11-16/h4-13H,3H2,1-2H3. The molecule has 0 spiro atoms. The van der Waals surface area contributed by atoms with Gasteiger partial charge in [-0.1, -0.05) is 35.9 Å². The van der Waals surface area contributed by atoms with Crippen molar-refractivity contribution in [3.05, 3.63) is 59.6 Å². The molecule has 2 aromatic carbocycles. The van der Waals surface area contributed by atoms with Gasteiger partial charge in [-0.25, -0.2) is 4.79 Å². The zero-order chi connectivity index (χ0) is 15.9. The smallest absolute Gasteiger partial charge is 0.410 e. The van der Waals surface area contributed by atoms with E-state index in [4.69, 9.17) is 21.1 Å². The van der Waals surface area contributed by atoms with E-state index in [2.05, 4.69) is 0 Å². The fraction of sp³-hybridized carbons (Fsp3) is 0.235. The van der Waals surface area contributed by atoms with Gasteiger partial charge in [-0.15, -0.1) is 0 Å². The van der Waals surface area contributed by atoms with E-state index in [9.17, 15) is 4.79 Å². The zero-order valence-corrected chi connectivity index (χ0v) is 13.3. The summed E-state index contributed by atoms with van der Waals surface area (Å²) in [6.07, 6.45) is -1.21. The highest BCUT2D eigenvalue weighted by Gasteiger charge is 2.18. The Morgan fingerprint density at radius 3 is 2.55 bits per heavy atom. The second-order valence-corrected chi connectivity index (χ2v) is 5.08. The van der Waals surface area contributed by atoms with E-state index >= 15 is 0 Å². The van der Waals surface area contributed by atoms with Crippen molar-refractivity contribution in [2.45, 2.75) is 20.1 Å². The summed E-state index contributed by atoms with van der Waals surface area (Å²) in [7, 11) is 0. The summed E-state index contributed by atoms with van der Waals surface area (Å²) in [6.45, 7) is 4.43. The molecule has 5 heteroatoms. The first-order valence-electron chi connectivity index (χ1n) is 7.06. The van der Waals surface area contributed by atoms with Crippen LogP contribution in [0.4, 0.5) is 10.5 Å². The monoisotopic (exact) mass is 319 g/mol. The molecule has 0 saturated heterocycles. The lowest BCUT2D eigenvalue weighted by Crippen LogP contribution is -2.37. The van der Waals surface area contributed by atoms with Crippen LogP contribution in [0.1, 0.15) is 13.8 Å². The number of hydrogen-bond donors (Lipinski definition) is 0. The average Bonchev–Trinajstić information content (AvgIpc) is 2.49. The minimum atomic E-state index is -0.737. The van der Waals surface area contributed by atoms with Crippen molar-refractivity contribution in [3.63, 3.8) is 0 Å². The van der Waals surface area contributed by atoms with Gasteiger partial charge in [0, 0.05) is 17.3 Å². The number of carbonyl (C=O) groups is 1. The molecule has 116 valence electrons. The Hall–Kier alpha value is -2.20. The lowest BCUT2D eigenvalue weighted by atomic mass is 10.3. The molecule has 0 aliphatic rings. The molecular weight excluding hydrogens is 302 g/mol. The molecule has 0 aliphatic carbocycles. The van der Waals surface area contributed by atoms with Crippen LogP contribution in [0.3, 0.4) is 0 Å². The second-order valence-electron chi connectivity index (χ2n) is 4.65. The second kappa shape index (κ2) is 7.71. The predicted molar refractivity (Wildman–Crippen MR) is 87.5 cm³/mol. The van der Waals surface area contributed by atoms with Gasteiger partial charge in [-0.2, -0.15) is 0 Å². The van der Waals surface area contributed by atoms with Crippen LogP contribution in [-0.2, 0) is 4.74 Å². The number of rotatable bonds is 5. The Labute approximate surface area is 135 Å². The molecule has 0 N–H and O–H groups in total. The largest absolute Gasteiger partial charge is 0.515 e. The first-order chi connectivity index (χ1) is 10.6. The Bertz CT molecular complexity index is 618. The fourth-order valence-electron chi connectivity index (χ4n) is 2.12. The molecule has 0 heterocycles. The zero-order valence-electron chi connectivity index (χ0n) is 12.5. The lowest BCUT2D eigenvalue weighted by molar-refractivity contribution is 0.0645. The molecule has 0 amide bonds. The number of para-hydroxylation sites is 1. The number of ether oxygens (including phenoxy) is 2. The van der Waals surface area contributed by atoms with Gasteiger partial charge in [-0.05, 0) is 44.2 Å².